The van der Waals surface area contributed by atoms with E-state index in [-0.39, 0.29) is 24.0 Å². The van der Waals surface area contributed by atoms with Crippen molar-refractivity contribution in [1.29, 1.82) is 0 Å². The van der Waals surface area contributed by atoms with Crippen LogP contribution in [0.4, 0.5) is 0 Å². The first kappa shape index (κ1) is 22.4. The molecule has 0 aromatic heterocycles. The van der Waals surface area contributed by atoms with Gasteiger partial charge < -0.3 is 21.1 Å². The lowest BCUT2D eigenvalue weighted by Gasteiger charge is -2.42. The Hall–Kier alpha value is -1.87. The molecule has 1 saturated carbocycles. The van der Waals surface area contributed by atoms with Gasteiger partial charge in [-0.2, -0.15) is 5.10 Å². The summed E-state index contributed by atoms with van der Waals surface area (Å²) in [6.45, 7) is 4.73. The highest BCUT2D eigenvalue weighted by Crippen LogP contribution is 2.40. The Labute approximate surface area is 167 Å². The number of esters is 1. The summed E-state index contributed by atoms with van der Waals surface area (Å²) in [4.78, 5) is 23.4. The fourth-order valence-corrected chi connectivity index (χ4v) is 4.38. The topological polar surface area (TPSA) is 144 Å². The van der Waals surface area contributed by atoms with Gasteiger partial charge in [-0.3, -0.25) is 9.59 Å². The molecule has 0 aromatic rings. The molecule has 5 unspecified atom stereocenters. The molecular weight excluding hydrogens is 360 g/mol. The number of nitrogens with two attached hydrogens (primary N) is 2. The van der Waals surface area contributed by atoms with Gasteiger partial charge in [-0.05, 0) is 56.9 Å². The van der Waals surface area contributed by atoms with E-state index >= 15 is 0 Å². The van der Waals surface area contributed by atoms with Crippen LogP contribution in [-0.4, -0.2) is 42.9 Å². The molecule has 5 atom stereocenters. The maximum absolute atomic E-state index is 12.5. The minimum atomic E-state index is -0.240. The lowest BCUT2D eigenvalue weighted by molar-refractivity contribution is -0.152. The Kier molecular flexibility index (Phi) is 8.98. The van der Waals surface area contributed by atoms with Gasteiger partial charge in [0, 0.05) is 26.3 Å². The third kappa shape index (κ3) is 7.27. The molecule has 1 saturated heterocycles. The highest BCUT2D eigenvalue weighted by Gasteiger charge is 2.38. The maximum atomic E-state index is 12.5. The van der Waals surface area contributed by atoms with E-state index in [9.17, 15) is 9.59 Å². The second-order valence-electron chi connectivity index (χ2n) is 8.19. The van der Waals surface area contributed by atoms with Crippen molar-refractivity contribution in [2.75, 3.05) is 13.1 Å². The van der Waals surface area contributed by atoms with Crippen molar-refractivity contribution in [2.24, 2.45) is 34.4 Å². The van der Waals surface area contributed by atoms with Crippen molar-refractivity contribution in [3.8, 4) is 0 Å². The maximum Gasteiger partial charge on any atom is 0.323 e. The van der Waals surface area contributed by atoms with Crippen LogP contribution < -0.4 is 27.7 Å². The lowest BCUT2D eigenvalue weighted by atomic mass is 9.69. The van der Waals surface area contributed by atoms with Crippen molar-refractivity contribution in [3.05, 3.63) is 0 Å². The van der Waals surface area contributed by atoms with E-state index < -0.39 is 0 Å². The first-order chi connectivity index (χ1) is 13.4. The number of nitrogens with zero attached hydrogens (tertiary/aromatic N) is 1. The van der Waals surface area contributed by atoms with Crippen LogP contribution in [0.25, 0.3) is 0 Å². The number of hydrogen-bond donors (Lipinski definition) is 5. The molecule has 1 aliphatic carbocycles. The number of nitrogens with one attached hydrogen (secondary N) is 3. The molecular formula is C19H36N6O3. The number of amidine groups is 1. The molecule has 1 aliphatic heterocycles. The van der Waals surface area contributed by atoms with Crippen LogP contribution in [0.1, 0.15) is 58.8 Å². The summed E-state index contributed by atoms with van der Waals surface area (Å²) in [5, 5.41) is 9.91. The predicted molar refractivity (Wildman–Crippen MR) is 108 cm³/mol. The molecule has 7 N–H and O–H groups in total. The molecule has 2 fully saturated rings. The molecule has 2 rings (SSSR count). The van der Waals surface area contributed by atoms with Crippen LogP contribution in [-0.2, 0) is 14.3 Å². The van der Waals surface area contributed by atoms with Crippen molar-refractivity contribution in [1.82, 2.24) is 16.2 Å². The number of hydrazone groups is 1. The van der Waals surface area contributed by atoms with Gasteiger partial charge in [0.1, 0.15) is 18.0 Å². The molecule has 0 radical (unpaired) electrons. The Balaban J connectivity index is 1.76. The zero-order valence-corrected chi connectivity index (χ0v) is 17.1. The number of rotatable bonds is 9. The van der Waals surface area contributed by atoms with Gasteiger partial charge in [-0.15, -0.1) is 0 Å². The number of carbonyl (C=O) groups is 2. The predicted octanol–water partition coefficient (Wildman–Crippen LogP) is 0.354. The quantitative estimate of drug-likeness (QED) is 0.124. The van der Waals surface area contributed by atoms with Crippen molar-refractivity contribution in [2.45, 2.75) is 70.9 Å². The van der Waals surface area contributed by atoms with Crippen LogP contribution in [0.2, 0.25) is 0 Å². The van der Waals surface area contributed by atoms with E-state index in [0.717, 1.165) is 32.2 Å². The fourth-order valence-electron chi connectivity index (χ4n) is 4.38. The second kappa shape index (κ2) is 11.2. The second-order valence-corrected chi connectivity index (χ2v) is 8.19. The van der Waals surface area contributed by atoms with Crippen molar-refractivity contribution < 1.29 is 14.3 Å². The molecule has 0 spiro atoms. The van der Waals surface area contributed by atoms with Gasteiger partial charge >= 0.3 is 5.97 Å². The summed E-state index contributed by atoms with van der Waals surface area (Å²) in [5.74, 6) is 7.22. The van der Waals surface area contributed by atoms with E-state index in [0.29, 0.717) is 36.6 Å². The monoisotopic (exact) mass is 396 g/mol. The van der Waals surface area contributed by atoms with E-state index in [1.54, 1.807) is 0 Å². The van der Waals surface area contributed by atoms with E-state index in [1.165, 1.54) is 19.8 Å². The summed E-state index contributed by atoms with van der Waals surface area (Å²) in [6.07, 6.45) is 6.48. The molecule has 1 heterocycles. The van der Waals surface area contributed by atoms with E-state index in [2.05, 4.69) is 21.3 Å². The largest absolute Gasteiger partial charge is 0.461 e. The number of amides is 1. The summed E-state index contributed by atoms with van der Waals surface area (Å²) in [7, 11) is 0. The Morgan fingerprint density at radius 3 is 2.79 bits per heavy atom. The third-order valence-corrected chi connectivity index (χ3v) is 5.96. The van der Waals surface area contributed by atoms with Gasteiger partial charge in [0.25, 0.3) is 0 Å². The van der Waals surface area contributed by atoms with Crippen LogP contribution >= 0.6 is 0 Å². The number of ether oxygens (including phenoxy) is 1. The summed E-state index contributed by atoms with van der Waals surface area (Å²) < 4.78 is 5.58. The fraction of sp³-hybridized carbons (Fsp3) is 0.842. The van der Waals surface area contributed by atoms with E-state index in [1.807, 2.05) is 6.92 Å². The number of hydrogen-bond acceptors (Lipinski definition) is 7. The first-order valence-electron chi connectivity index (χ1n) is 10.3. The molecule has 0 bridgehead atoms. The van der Waals surface area contributed by atoms with Gasteiger partial charge in [-0.1, -0.05) is 6.42 Å². The molecule has 28 heavy (non-hydrogen) atoms. The van der Waals surface area contributed by atoms with Crippen molar-refractivity contribution >= 4 is 17.7 Å². The molecule has 160 valence electrons. The van der Waals surface area contributed by atoms with Crippen molar-refractivity contribution in [3.63, 3.8) is 0 Å². The van der Waals surface area contributed by atoms with Gasteiger partial charge in [0.05, 0.1) is 0 Å². The molecule has 0 aromatic carbocycles. The van der Waals surface area contributed by atoms with Crippen LogP contribution in [0, 0.1) is 17.8 Å². The minimum absolute atomic E-state index is 0.0716. The Bertz CT molecular complexity index is 556. The third-order valence-electron chi connectivity index (χ3n) is 5.96. The highest BCUT2D eigenvalue weighted by molar-refractivity contribution is 5.79. The zero-order chi connectivity index (χ0) is 20.5. The van der Waals surface area contributed by atoms with Crippen LogP contribution in [0.5, 0.6) is 0 Å². The van der Waals surface area contributed by atoms with Gasteiger partial charge in [-0.25, -0.2) is 11.4 Å². The zero-order valence-electron chi connectivity index (χ0n) is 17.1. The molecule has 9 heteroatoms. The minimum Gasteiger partial charge on any atom is -0.461 e. The average Bonchev–Trinajstić information content (AvgIpc) is 2.65. The summed E-state index contributed by atoms with van der Waals surface area (Å²) >= 11 is 0. The SMILES string of the molecule is CC(=O)NCCC(C)OC(=O)C1CC2CC(CC/C(N)=N/NN)CCC2CN1. The molecule has 9 nitrogen and oxygen atoms in total. The lowest BCUT2D eigenvalue weighted by Crippen LogP contribution is -2.50. The highest BCUT2D eigenvalue weighted by atomic mass is 16.5. The smallest absolute Gasteiger partial charge is 0.323 e. The summed E-state index contributed by atoms with van der Waals surface area (Å²) in [6, 6.07) is -0.240. The van der Waals surface area contributed by atoms with E-state index in [4.69, 9.17) is 16.3 Å². The molecule has 2 aliphatic rings. The Morgan fingerprint density at radius 1 is 1.29 bits per heavy atom. The number of fused-ring (bicyclic) bond motifs is 1. The number of hydrazine groups is 1. The van der Waals surface area contributed by atoms with Crippen LogP contribution in [0.15, 0.2) is 5.10 Å². The Morgan fingerprint density at radius 2 is 2.07 bits per heavy atom. The van der Waals surface area contributed by atoms with Gasteiger partial charge in [0.15, 0.2) is 0 Å². The molecule has 1 amide bonds. The summed E-state index contributed by atoms with van der Waals surface area (Å²) in [5.41, 5.74) is 8.04. The standard InChI is InChI=1S/C19H36N6O3/c1-12(7-8-22-13(2)26)28-19(27)17-10-16-9-14(3-5-15(16)11-23-17)4-6-18(20)24-25-21/h12,14-17,23,25H,3-11,21H2,1-2H3,(H2,20,24)(H,22,26). The number of piperidine rings is 1. The van der Waals surface area contributed by atoms with Gasteiger partial charge in [0.2, 0.25) is 5.91 Å². The normalized spacial score (nSPS) is 28.8. The average molecular weight is 397 g/mol. The van der Waals surface area contributed by atoms with Crippen LogP contribution in [0.3, 0.4) is 0 Å². The first-order valence-corrected chi connectivity index (χ1v) is 10.3. The number of carbonyl (C=O) groups excluding carboxylic acids is 2.